The van der Waals surface area contributed by atoms with Gasteiger partial charge in [0.1, 0.15) is 6.04 Å². The van der Waals surface area contributed by atoms with Crippen LogP contribution in [0.2, 0.25) is 5.15 Å². The molecule has 8 N–H and O–H groups in total. The molecule has 14 heteroatoms. The van der Waals surface area contributed by atoms with Gasteiger partial charge >= 0.3 is 5.97 Å². The lowest BCUT2D eigenvalue weighted by molar-refractivity contribution is -0.153. The number of nitrogens with zero attached hydrogens (tertiary/aromatic N) is 4. The molecule has 1 unspecified atom stereocenters. The molecular weight excluding hydrogens is 598 g/mol. The summed E-state index contributed by atoms with van der Waals surface area (Å²) < 4.78 is 4.86. The van der Waals surface area contributed by atoms with Gasteiger partial charge in [-0.1, -0.05) is 60.1 Å². The number of nitrogens with one attached hydrogen (secondary N) is 2. The first-order valence-corrected chi connectivity index (χ1v) is 15.0. The van der Waals surface area contributed by atoms with Gasteiger partial charge in [0.25, 0.3) is 5.91 Å². The van der Waals surface area contributed by atoms with E-state index >= 15 is 0 Å². The lowest BCUT2D eigenvalue weighted by Crippen LogP contribution is -2.57. The standard InChI is InChI=1S/C31H38ClN9O4/c1-45-30(44)23-18-36-16-17-41(23)24(42)14-9-20-7-12-22(13-8-20)21-10-5-19(6-11-21)4-2-3-15-37-31(35)40-29(43)25-27(33)39-28(34)26(32)38-25/h5-8,10-13,23,36H,2-4,9,14-18H2,1H3,(H4,33,34,39)(H3,35,37,40,43). The number of hydrogen-bond acceptors (Lipinski definition) is 10. The molecule has 1 fully saturated rings. The zero-order valence-corrected chi connectivity index (χ0v) is 25.8. The second-order valence-corrected chi connectivity index (χ2v) is 10.9. The number of rotatable bonds is 11. The number of carbonyl (C=O) groups is 3. The number of unbranched alkanes of at least 4 members (excludes halogenated alkanes) is 1. The van der Waals surface area contributed by atoms with Crippen molar-refractivity contribution < 1.29 is 19.1 Å². The maximum atomic E-state index is 12.8. The van der Waals surface area contributed by atoms with Crippen molar-refractivity contribution in [3.63, 3.8) is 0 Å². The summed E-state index contributed by atoms with van der Waals surface area (Å²) in [6.07, 6.45) is 3.46. The van der Waals surface area contributed by atoms with Crippen LogP contribution in [-0.4, -0.2) is 77.9 Å². The van der Waals surface area contributed by atoms with Crippen molar-refractivity contribution in [2.45, 2.75) is 38.1 Å². The summed E-state index contributed by atoms with van der Waals surface area (Å²) in [6, 6.07) is 16.0. The molecule has 4 rings (SSSR count). The lowest BCUT2D eigenvalue weighted by Gasteiger charge is -2.34. The third kappa shape index (κ3) is 9.13. The number of anilines is 2. The molecule has 2 heterocycles. The Kier molecular flexibility index (Phi) is 11.7. The maximum absolute atomic E-state index is 12.8. The number of aromatic nitrogens is 2. The number of nitrogen functional groups attached to an aromatic ring is 2. The highest BCUT2D eigenvalue weighted by molar-refractivity contribution is 6.31. The summed E-state index contributed by atoms with van der Waals surface area (Å²) in [5.41, 5.74) is 21.3. The number of esters is 1. The van der Waals surface area contributed by atoms with E-state index in [1.807, 2.05) is 12.1 Å². The zero-order chi connectivity index (χ0) is 32.3. The second kappa shape index (κ2) is 15.8. The first kappa shape index (κ1) is 33.1. The minimum Gasteiger partial charge on any atom is -0.467 e. The van der Waals surface area contributed by atoms with Crippen molar-refractivity contribution in [1.82, 2.24) is 25.5 Å². The highest BCUT2D eigenvalue weighted by Crippen LogP contribution is 2.22. The summed E-state index contributed by atoms with van der Waals surface area (Å²) in [4.78, 5) is 50.6. The van der Waals surface area contributed by atoms with Crippen LogP contribution < -0.4 is 27.8 Å². The third-order valence-electron chi connectivity index (χ3n) is 7.42. The van der Waals surface area contributed by atoms with E-state index < -0.39 is 17.9 Å². The Labute approximate surface area is 266 Å². The number of aliphatic imine (C=N–C) groups is 1. The number of aryl methyl sites for hydroxylation is 2. The molecule has 1 aliphatic heterocycles. The van der Waals surface area contributed by atoms with Crippen LogP contribution in [-0.2, 0) is 27.2 Å². The van der Waals surface area contributed by atoms with Crippen LogP contribution in [0.25, 0.3) is 11.1 Å². The average molecular weight is 636 g/mol. The molecule has 1 aromatic heterocycles. The largest absolute Gasteiger partial charge is 0.467 e. The Bertz CT molecular complexity index is 1530. The zero-order valence-electron chi connectivity index (χ0n) is 25.1. The average Bonchev–Trinajstić information content (AvgIpc) is 3.05. The number of hydrogen-bond donors (Lipinski definition) is 5. The summed E-state index contributed by atoms with van der Waals surface area (Å²) in [6.45, 7) is 2.00. The fourth-order valence-electron chi connectivity index (χ4n) is 4.94. The summed E-state index contributed by atoms with van der Waals surface area (Å²) in [7, 11) is 1.34. The van der Waals surface area contributed by atoms with Gasteiger partial charge in [-0.3, -0.25) is 19.9 Å². The second-order valence-electron chi connectivity index (χ2n) is 10.5. The quantitative estimate of drug-likeness (QED) is 0.0896. The van der Waals surface area contributed by atoms with Gasteiger partial charge in [0.05, 0.1) is 7.11 Å². The monoisotopic (exact) mass is 635 g/mol. The molecular formula is C31H38ClN9O4. The van der Waals surface area contributed by atoms with Crippen LogP contribution in [0.5, 0.6) is 0 Å². The van der Waals surface area contributed by atoms with Gasteiger partial charge in [0.2, 0.25) is 5.91 Å². The fraction of sp³-hybridized carbons (Fsp3) is 0.355. The molecule has 0 bridgehead atoms. The highest BCUT2D eigenvalue weighted by Gasteiger charge is 2.32. The van der Waals surface area contributed by atoms with Crippen molar-refractivity contribution in [3.05, 3.63) is 70.5 Å². The molecule has 45 heavy (non-hydrogen) atoms. The Morgan fingerprint density at radius 1 is 1.00 bits per heavy atom. The van der Waals surface area contributed by atoms with Crippen molar-refractivity contribution in [2.75, 3.05) is 44.8 Å². The van der Waals surface area contributed by atoms with Gasteiger partial charge in [0, 0.05) is 32.6 Å². The molecule has 0 radical (unpaired) electrons. The summed E-state index contributed by atoms with van der Waals surface area (Å²) in [5.74, 6) is -1.39. The molecule has 0 spiro atoms. The summed E-state index contributed by atoms with van der Waals surface area (Å²) >= 11 is 5.82. The molecule has 1 aliphatic rings. The first-order chi connectivity index (χ1) is 21.7. The van der Waals surface area contributed by atoms with Gasteiger partial charge in [-0.2, -0.15) is 0 Å². The van der Waals surface area contributed by atoms with E-state index in [2.05, 4.69) is 62.0 Å². The number of halogens is 1. The van der Waals surface area contributed by atoms with E-state index in [9.17, 15) is 14.4 Å². The minimum atomic E-state index is -0.672. The Morgan fingerprint density at radius 2 is 1.64 bits per heavy atom. The van der Waals surface area contributed by atoms with Crippen LogP contribution in [0.4, 0.5) is 11.6 Å². The van der Waals surface area contributed by atoms with E-state index in [4.69, 9.17) is 33.5 Å². The fourth-order valence-corrected chi connectivity index (χ4v) is 5.06. The van der Waals surface area contributed by atoms with Gasteiger partial charge < -0.3 is 32.2 Å². The van der Waals surface area contributed by atoms with Crippen molar-refractivity contribution in [1.29, 1.82) is 0 Å². The Hall–Kier alpha value is -4.75. The van der Waals surface area contributed by atoms with E-state index in [1.54, 1.807) is 4.90 Å². The van der Waals surface area contributed by atoms with E-state index in [0.717, 1.165) is 36.0 Å². The van der Waals surface area contributed by atoms with Crippen LogP contribution in [0.3, 0.4) is 0 Å². The molecule has 1 saturated heterocycles. The predicted octanol–water partition coefficient (Wildman–Crippen LogP) is 1.93. The molecule has 1 atom stereocenters. The number of benzene rings is 2. The molecule has 238 valence electrons. The normalized spacial score (nSPS) is 15.0. The van der Waals surface area contributed by atoms with Gasteiger partial charge in [-0.05, 0) is 47.9 Å². The van der Waals surface area contributed by atoms with E-state index in [-0.39, 0.29) is 34.3 Å². The van der Waals surface area contributed by atoms with Crippen LogP contribution in [0.15, 0.2) is 53.5 Å². The smallest absolute Gasteiger partial charge is 0.329 e. The van der Waals surface area contributed by atoms with Crippen LogP contribution >= 0.6 is 11.6 Å². The van der Waals surface area contributed by atoms with E-state index in [0.29, 0.717) is 39.0 Å². The Morgan fingerprint density at radius 3 is 2.29 bits per heavy atom. The minimum absolute atomic E-state index is 0.0466. The molecule has 13 nitrogen and oxygen atoms in total. The molecule has 0 aliphatic carbocycles. The van der Waals surface area contributed by atoms with Crippen molar-refractivity contribution in [3.8, 4) is 11.1 Å². The number of methoxy groups -OCH3 is 1. The topological polar surface area (TPSA) is 204 Å². The number of ether oxygens (including phenoxy) is 1. The lowest BCUT2D eigenvalue weighted by atomic mass is 9.99. The molecule has 2 aromatic carbocycles. The Balaban J connectivity index is 1.19. The predicted molar refractivity (Wildman–Crippen MR) is 173 cm³/mol. The number of guanidine groups is 1. The van der Waals surface area contributed by atoms with Crippen molar-refractivity contribution >= 4 is 47.0 Å². The molecule has 0 saturated carbocycles. The maximum Gasteiger partial charge on any atom is 0.329 e. The van der Waals surface area contributed by atoms with Gasteiger partial charge in [0.15, 0.2) is 28.4 Å². The van der Waals surface area contributed by atoms with Crippen LogP contribution in [0.1, 0.15) is 40.9 Å². The number of carbonyl (C=O) groups excluding carboxylic acids is 3. The summed E-state index contributed by atoms with van der Waals surface area (Å²) in [5, 5.41) is 5.44. The van der Waals surface area contributed by atoms with Gasteiger partial charge in [-0.25, -0.2) is 14.8 Å². The first-order valence-electron chi connectivity index (χ1n) is 14.6. The third-order valence-corrected chi connectivity index (χ3v) is 7.70. The molecule has 2 amide bonds. The molecule has 3 aromatic rings. The SMILES string of the molecule is COC(=O)C1CNCCN1C(=O)CCc1ccc(-c2ccc(CCCCN=C(N)NC(=O)c3nc(Cl)c(N)nc3N)cc2)cc1. The van der Waals surface area contributed by atoms with Gasteiger partial charge in [-0.15, -0.1) is 0 Å². The number of piperazine rings is 1. The van der Waals surface area contributed by atoms with E-state index in [1.165, 1.54) is 12.7 Å². The number of nitrogens with two attached hydrogens (primary N) is 3. The van der Waals surface area contributed by atoms with Crippen molar-refractivity contribution in [2.24, 2.45) is 10.7 Å². The number of amides is 2. The van der Waals surface area contributed by atoms with Crippen LogP contribution in [0, 0.1) is 0 Å². The highest BCUT2D eigenvalue weighted by atomic mass is 35.5.